The zero-order valence-electron chi connectivity index (χ0n) is 26.2. The SMILES string of the molecule is CC(C)c1cccc(C(C)C)c1N1[As](Cl)N(c2c(C(C)C)cccc2C(C)C)[As]1Cl.c1ccccc1.c1ccccc1. The Hall–Kier alpha value is -1.82. The zero-order chi connectivity index (χ0) is 30.8. The number of rotatable bonds is 6. The molecule has 0 unspecified atom stereocenters. The molecule has 0 atom stereocenters. The van der Waals surface area contributed by atoms with Crippen molar-refractivity contribution < 1.29 is 0 Å². The molecule has 0 radical (unpaired) electrons. The number of para-hydroxylation sites is 2. The smallest absolute Gasteiger partial charge is 0.0623 e. The maximum Gasteiger partial charge on any atom is -0.0623 e. The van der Waals surface area contributed by atoms with E-state index in [1.165, 1.54) is 33.6 Å². The Balaban J connectivity index is 0.000000330. The number of hydrogen-bond donors (Lipinski definition) is 0. The van der Waals surface area contributed by atoms with E-state index in [1.807, 2.05) is 72.8 Å². The molecule has 0 aromatic heterocycles. The number of nitrogens with zero attached hydrogens (tertiary/aromatic N) is 2. The van der Waals surface area contributed by atoms with Gasteiger partial charge in [0.15, 0.2) is 0 Å². The van der Waals surface area contributed by atoms with Crippen molar-refractivity contribution in [1.29, 1.82) is 0 Å². The summed E-state index contributed by atoms with van der Waals surface area (Å²) in [6, 6.07) is 37.4. The Morgan fingerprint density at radius 2 is 0.571 bits per heavy atom. The second kappa shape index (κ2) is 16.9. The summed E-state index contributed by atoms with van der Waals surface area (Å²) in [6.07, 6.45) is 0. The van der Waals surface area contributed by atoms with E-state index < -0.39 is 28.3 Å². The predicted molar refractivity (Wildman–Crippen MR) is 190 cm³/mol. The van der Waals surface area contributed by atoms with Crippen molar-refractivity contribution >= 4 is 59.6 Å². The first kappa shape index (κ1) is 34.7. The van der Waals surface area contributed by atoms with Crippen molar-refractivity contribution in [2.24, 2.45) is 0 Å². The van der Waals surface area contributed by atoms with Crippen LogP contribution in [0.15, 0.2) is 109 Å². The van der Waals surface area contributed by atoms with Crippen LogP contribution in [0, 0.1) is 0 Å². The minimum atomic E-state index is -2.00. The molecule has 1 fully saturated rings. The zero-order valence-corrected chi connectivity index (χ0v) is 31.5. The maximum absolute atomic E-state index is 7.30. The van der Waals surface area contributed by atoms with E-state index in [-0.39, 0.29) is 0 Å². The second-order valence-corrected chi connectivity index (χ2v) is 23.0. The molecule has 1 heterocycles. The summed E-state index contributed by atoms with van der Waals surface area (Å²) in [5, 5.41) is 0. The molecule has 4 aromatic carbocycles. The fourth-order valence-corrected chi connectivity index (χ4v) is 24.1. The van der Waals surface area contributed by atoms with Crippen LogP contribution in [0.5, 0.6) is 0 Å². The summed E-state index contributed by atoms with van der Waals surface area (Å²) in [6.45, 7) is 18.1. The molecule has 0 aliphatic carbocycles. The Labute approximate surface area is 273 Å². The van der Waals surface area contributed by atoms with Crippen molar-refractivity contribution in [1.82, 2.24) is 0 Å². The third-order valence-electron chi connectivity index (χ3n) is 7.04. The molecule has 1 saturated heterocycles. The van der Waals surface area contributed by atoms with Gasteiger partial charge in [-0.25, -0.2) is 0 Å². The van der Waals surface area contributed by atoms with Crippen molar-refractivity contribution in [3.8, 4) is 0 Å². The van der Waals surface area contributed by atoms with Crippen LogP contribution in [0.3, 0.4) is 0 Å². The molecule has 42 heavy (non-hydrogen) atoms. The average molecular weight is 728 g/mol. The molecule has 6 heteroatoms. The van der Waals surface area contributed by atoms with Crippen LogP contribution < -0.4 is 5.47 Å². The fourth-order valence-electron chi connectivity index (χ4n) is 4.84. The molecule has 5 rings (SSSR count). The Kier molecular flexibility index (Phi) is 13.9. The van der Waals surface area contributed by atoms with Gasteiger partial charge in [0.25, 0.3) is 0 Å². The van der Waals surface area contributed by atoms with Crippen LogP contribution in [0.4, 0.5) is 11.4 Å². The number of hydrogen-bond acceptors (Lipinski definition) is 2. The summed E-state index contributed by atoms with van der Waals surface area (Å²) in [5.41, 5.74) is 8.17. The van der Waals surface area contributed by atoms with E-state index in [4.69, 9.17) is 19.9 Å². The van der Waals surface area contributed by atoms with Gasteiger partial charge in [0, 0.05) is 0 Å². The molecule has 1 aliphatic rings. The molecular formula is C36H46As2Cl2N2. The molecule has 0 bridgehead atoms. The Morgan fingerprint density at radius 1 is 0.381 bits per heavy atom. The van der Waals surface area contributed by atoms with Gasteiger partial charge in [0.05, 0.1) is 0 Å². The number of benzene rings is 4. The second-order valence-electron chi connectivity index (χ2n) is 11.6. The minimum absolute atomic E-state index is 0.444. The predicted octanol–water partition coefficient (Wildman–Crippen LogP) is 11.3. The first-order valence-electron chi connectivity index (χ1n) is 14.8. The normalized spacial score (nSPS) is 16.1. The van der Waals surface area contributed by atoms with Crippen LogP contribution in [-0.2, 0) is 0 Å². The van der Waals surface area contributed by atoms with E-state index in [0.29, 0.717) is 23.7 Å². The summed E-state index contributed by atoms with van der Waals surface area (Å²) >= 11 is -4.00. The maximum atomic E-state index is 7.30. The van der Waals surface area contributed by atoms with Gasteiger partial charge in [-0.2, -0.15) is 0 Å². The third-order valence-corrected chi connectivity index (χ3v) is 26.7. The quantitative estimate of drug-likeness (QED) is 0.183. The molecule has 0 saturated carbocycles. The van der Waals surface area contributed by atoms with Gasteiger partial charge >= 0.3 is 203 Å². The largest absolute Gasteiger partial charge is 0.0623 e. The van der Waals surface area contributed by atoms with Gasteiger partial charge in [-0.1, -0.05) is 72.8 Å². The van der Waals surface area contributed by atoms with Gasteiger partial charge in [-0.3, -0.25) is 0 Å². The molecule has 224 valence electrons. The number of anilines is 2. The monoisotopic (exact) mass is 726 g/mol. The Morgan fingerprint density at radius 3 is 0.738 bits per heavy atom. The average Bonchev–Trinajstić information content (AvgIpc) is 2.99. The first-order valence-corrected chi connectivity index (χ1v) is 23.1. The van der Waals surface area contributed by atoms with E-state index >= 15 is 0 Å². The summed E-state index contributed by atoms with van der Waals surface area (Å²) < 4.78 is 4.96. The van der Waals surface area contributed by atoms with Gasteiger partial charge in [0.2, 0.25) is 0 Å². The van der Waals surface area contributed by atoms with Gasteiger partial charge in [-0.15, -0.1) is 0 Å². The molecule has 2 nitrogen and oxygen atoms in total. The van der Waals surface area contributed by atoms with Crippen LogP contribution >= 0.6 is 19.9 Å². The molecule has 0 spiro atoms. The van der Waals surface area contributed by atoms with Crippen LogP contribution in [0.25, 0.3) is 0 Å². The van der Waals surface area contributed by atoms with Crippen molar-refractivity contribution in [2.45, 2.75) is 79.1 Å². The van der Waals surface area contributed by atoms with E-state index in [9.17, 15) is 0 Å². The van der Waals surface area contributed by atoms with Crippen molar-refractivity contribution in [3.05, 3.63) is 131 Å². The van der Waals surface area contributed by atoms with Crippen LogP contribution in [0.2, 0.25) is 0 Å². The summed E-state index contributed by atoms with van der Waals surface area (Å²) in [7, 11) is 14.6. The van der Waals surface area contributed by atoms with Crippen LogP contribution in [0.1, 0.15) is 101 Å². The molecule has 0 amide bonds. The fraction of sp³-hybridized carbons (Fsp3) is 0.333. The van der Waals surface area contributed by atoms with Gasteiger partial charge in [0.1, 0.15) is 0 Å². The van der Waals surface area contributed by atoms with Gasteiger partial charge < -0.3 is 0 Å². The van der Waals surface area contributed by atoms with Crippen molar-refractivity contribution in [2.75, 3.05) is 5.47 Å². The third kappa shape index (κ3) is 8.63. The van der Waals surface area contributed by atoms with E-state index in [0.717, 1.165) is 0 Å². The standard InChI is InChI=1S/C24H34As2Cl2N2.2C6H6/c1-15(2)19-11-9-12-20(16(3)4)23(19)29-25(27)30(26(29)28)24-21(17(5)6)13-10-14-22(24)18(7)8;2*1-2-4-6-5-3-1/h9-18H,1-8H3;2*1-6H. The molecule has 1 aliphatic heterocycles. The van der Waals surface area contributed by atoms with Crippen LogP contribution in [-0.4, -0.2) is 28.3 Å². The molecule has 0 N–H and O–H groups in total. The summed E-state index contributed by atoms with van der Waals surface area (Å²) in [4.78, 5) is 0. The van der Waals surface area contributed by atoms with E-state index in [1.54, 1.807) is 0 Å². The molecule has 4 aromatic rings. The summed E-state index contributed by atoms with van der Waals surface area (Å²) in [5.74, 6) is 1.78. The topological polar surface area (TPSA) is 6.48 Å². The number of halogens is 2. The first-order chi connectivity index (χ1) is 20.1. The van der Waals surface area contributed by atoms with Gasteiger partial charge in [-0.05, 0) is 0 Å². The minimum Gasteiger partial charge on any atom is -0.0623 e. The van der Waals surface area contributed by atoms with Crippen molar-refractivity contribution in [3.63, 3.8) is 0 Å². The molecular weight excluding hydrogens is 681 g/mol. The van der Waals surface area contributed by atoms with E-state index in [2.05, 4.69) is 97.3 Å². The Bertz CT molecular complexity index is 1130.